The van der Waals surface area contributed by atoms with Gasteiger partial charge >= 0.3 is 0 Å². The second-order valence-corrected chi connectivity index (χ2v) is 4.91. The molecule has 1 aromatic rings. The third-order valence-electron chi connectivity index (χ3n) is 2.85. The van der Waals surface area contributed by atoms with E-state index in [-0.39, 0.29) is 6.10 Å². The first-order chi connectivity index (χ1) is 9.21. The first kappa shape index (κ1) is 16.3. The molecule has 1 aromatic carbocycles. The fourth-order valence-corrected chi connectivity index (χ4v) is 2.10. The third kappa shape index (κ3) is 5.81. The van der Waals surface area contributed by atoms with Crippen LogP contribution in [0.3, 0.4) is 0 Å². The Bertz CT molecular complexity index is 371. The van der Waals surface area contributed by atoms with Crippen LogP contribution in [0.1, 0.15) is 25.8 Å². The van der Waals surface area contributed by atoms with Crippen molar-refractivity contribution < 1.29 is 9.47 Å². The summed E-state index contributed by atoms with van der Waals surface area (Å²) >= 11 is 6.10. The van der Waals surface area contributed by atoms with Crippen LogP contribution in [-0.4, -0.2) is 32.9 Å². The highest BCUT2D eigenvalue weighted by molar-refractivity contribution is 6.31. The molecule has 3 nitrogen and oxygen atoms in total. The second-order valence-electron chi connectivity index (χ2n) is 4.51. The van der Waals surface area contributed by atoms with E-state index < -0.39 is 0 Å². The lowest BCUT2D eigenvalue weighted by molar-refractivity contribution is 0.0807. The molecule has 0 fully saturated rings. The topological polar surface area (TPSA) is 30.5 Å². The Morgan fingerprint density at radius 1 is 1.32 bits per heavy atom. The molecule has 19 heavy (non-hydrogen) atoms. The van der Waals surface area contributed by atoms with Crippen LogP contribution in [0.4, 0.5) is 0 Å². The fourth-order valence-electron chi connectivity index (χ4n) is 1.85. The highest BCUT2D eigenvalue weighted by atomic mass is 35.5. The fraction of sp³-hybridized carbons (Fsp3) is 0.600. The summed E-state index contributed by atoms with van der Waals surface area (Å²) in [7, 11) is 1.69. The van der Waals surface area contributed by atoms with Gasteiger partial charge in [0.15, 0.2) is 0 Å². The molecule has 0 bridgehead atoms. The Morgan fingerprint density at radius 3 is 2.74 bits per heavy atom. The van der Waals surface area contributed by atoms with Gasteiger partial charge in [0, 0.05) is 18.7 Å². The Balaban J connectivity index is 2.61. The number of methoxy groups -OCH3 is 1. The Labute approximate surface area is 121 Å². The number of hydrogen-bond acceptors (Lipinski definition) is 3. The largest absolute Gasteiger partial charge is 0.487 e. The molecule has 0 saturated carbocycles. The van der Waals surface area contributed by atoms with E-state index in [2.05, 4.69) is 19.2 Å². The average molecular weight is 286 g/mol. The van der Waals surface area contributed by atoms with Crippen molar-refractivity contribution in [1.29, 1.82) is 0 Å². The van der Waals surface area contributed by atoms with Gasteiger partial charge in [0.1, 0.15) is 11.9 Å². The molecule has 1 rings (SSSR count). The highest BCUT2D eigenvalue weighted by Gasteiger charge is 2.11. The summed E-state index contributed by atoms with van der Waals surface area (Å²) in [5.74, 6) is 0.849. The molecule has 1 N–H and O–H groups in total. The van der Waals surface area contributed by atoms with Crippen molar-refractivity contribution in [2.45, 2.75) is 32.8 Å². The van der Waals surface area contributed by atoms with Crippen LogP contribution in [0.2, 0.25) is 5.02 Å². The van der Waals surface area contributed by atoms with Crippen LogP contribution >= 0.6 is 11.6 Å². The molecular formula is C15H24ClNO2. The summed E-state index contributed by atoms with van der Waals surface area (Å²) in [6.45, 7) is 6.57. The van der Waals surface area contributed by atoms with Crippen molar-refractivity contribution in [2.24, 2.45) is 0 Å². The predicted molar refractivity (Wildman–Crippen MR) is 80.3 cm³/mol. The lowest BCUT2D eigenvalue weighted by Gasteiger charge is -2.19. The summed E-state index contributed by atoms with van der Waals surface area (Å²) in [4.78, 5) is 0. The van der Waals surface area contributed by atoms with Gasteiger partial charge < -0.3 is 14.8 Å². The first-order valence-electron chi connectivity index (χ1n) is 6.86. The van der Waals surface area contributed by atoms with E-state index in [1.807, 2.05) is 18.2 Å². The van der Waals surface area contributed by atoms with Crippen LogP contribution in [0, 0.1) is 0 Å². The normalized spacial score (nSPS) is 12.4. The predicted octanol–water partition coefficient (Wildman–Crippen LogP) is 3.30. The number of halogens is 1. The van der Waals surface area contributed by atoms with E-state index in [1.165, 1.54) is 0 Å². The highest BCUT2D eigenvalue weighted by Crippen LogP contribution is 2.23. The van der Waals surface area contributed by atoms with E-state index in [9.17, 15) is 0 Å². The number of rotatable bonds is 9. The van der Waals surface area contributed by atoms with Gasteiger partial charge in [-0.2, -0.15) is 0 Å². The monoisotopic (exact) mass is 285 g/mol. The molecule has 0 spiro atoms. The van der Waals surface area contributed by atoms with E-state index >= 15 is 0 Å². The quantitative estimate of drug-likeness (QED) is 0.706. The molecule has 0 saturated heterocycles. The van der Waals surface area contributed by atoms with Gasteiger partial charge in [-0.15, -0.1) is 0 Å². The molecule has 0 aliphatic carbocycles. The number of ether oxygens (including phenoxy) is 2. The molecule has 1 atom stereocenters. The lowest BCUT2D eigenvalue weighted by atomic mass is 10.1. The van der Waals surface area contributed by atoms with Crippen molar-refractivity contribution in [2.75, 3.05) is 26.8 Å². The van der Waals surface area contributed by atoms with Gasteiger partial charge in [0.25, 0.3) is 0 Å². The minimum Gasteiger partial charge on any atom is -0.487 e. The SMILES string of the molecule is CCCNCC(COC)Oc1ccc(Cl)c(CC)c1. The summed E-state index contributed by atoms with van der Waals surface area (Å²) in [6.07, 6.45) is 2.03. The Kier molecular flexibility index (Phi) is 7.87. The molecule has 0 aliphatic heterocycles. The zero-order chi connectivity index (χ0) is 14.1. The van der Waals surface area contributed by atoms with Crippen molar-refractivity contribution in [3.8, 4) is 5.75 Å². The zero-order valence-electron chi connectivity index (χ0n) is 12.0. The zero-order valence-corrected chi connectivity index (χ0v) is 12.8. The second kappa shape index (κ2) is 9.18. The van der Waals surface area contributed by atoms with Gasteiger partial charge in [0.2, 0.25) is 0 Å². The van der Waals surface area contributed by atoms with Crippen LogP contribution in [0.25, 0.3) is 0 Å². The summed E-state index contributed by atoms with van der Waals surface area (Å²) < 4.78 is 11.1. The standard InChI is InChI=1S/C15H24ClNO2/c1-4-8-17-10-14(11-18-3)19-13-6-7-15(16)12(5-2)9-13/h6-7,9,14,17H,4-5,8,10-11H2,1-3H3. The van der Waals surface area contributed by atoms with Gasteiger partial charge in [-0.25, -0.2) is 0 Å². The van der Waals surface area contributed by atoms with Crippen molar-refractivity contribution in [3.63, 3.8) is 0 Å². The number of hydrogen-bond donors (Lipinski definition) is 1. The minimum atomic E-state index is 0.0161. The molecule has 0 amide bonds. The Morgan fingerprint density at radius 2 is 2.11 bits per heavy atom. The van der Waals surface area contributed by atoms with E-state index in [0.29, 0.717) is 6.61 Å². The lowest BCUT2D eigenvalue weighted by Crippen LogP contribution is -2.35. The maximum absolute atomic E-state index is 6.10. The number of benzene rings is 1. The molecule has 0 heterocycles. The smallest absolute Gasteiger partial charge is 0.134 e. The summed E-state index contributed by atoms with van der Waals surface area (Å²) in [5.41, 5.74) is 1.11. The van der Waals surface area contributed by atoms with Gasteiger partial charge in [0.05, 0.1) is 6.61 Å². The van der Waals surface area contributed by atoms with E-state index in [1.54, 1.807) is 7.11 Å². The van der Waals surface area contributed by atoms with Crippen LogP contribution in [0.5, 0.6) is 5.75 Å². The van der Waals surface area contributed by atoms with Gasteiger partial charge in [-0.3, -0.25) is 0 Å². The Hall–Kier alpha value is -0.770. The van der Waals surface area contributed by atoms with E-state index in [4.69, 9.17) is 21.1 Å². The van der Waals surface area contributed by atoms with Gasteiger partial charge in [-0.05, 0) is 43.1 Å². The van der Waals surface area contributed by atoms with Crippen LogP contribution in [0.15, 0.2) is 18.2 Å². The summed E-state index contributed by atoms with van der Waals surface area (Å²) in [6, 6.07) is 5.80. The van der Waals surface area contributed by atoms with Crippen LogP contribution < -0.4 is 10.1 Å². The van der Waals surface area contributed by atoms with E-state index in [0.717, 1.165) is 42.3 Å². The number of aryl methyl sites for hydroxylation is 1. The third-order valence-corrected chi connectivity index (χ3v) is 3.22. The van der Waals surface area contributed by atoms with Gasteiger partial charge in [-0.1, -0.05) is 25.4 Å². The average Bonchev–Trinajstić information content (AvgIpc) is 2.41. The molecule has 108 valence electrons. The van der Waals surface area contributed by atoms with Crippen molar-refractivity contribution in [3.05, 3.63) is 28.8 Å². The molecule has 4 heteroatoms. The first-order valence-corrected chi connectivity index (χ1v) is 7.23. The van der Waals surface area contributed by atoms with Crippen molar-refractivity contribution >= 4 is 11.6 Å². The number of nitrogens with one attached hydrogen (secondary N) is 1. The molecule has 0 radical (unpaired) electrons. The maximum atomic E-state index is 6.10. The molecular weight excluding hydrogens is 262 g/mol. The van der Waals surface area contributed by atoms with Crippen molar-refractivity contribution in [1.82, 2.24) is 5.32 Å². The summed E-state index contributed by atoms with van der Waals surface area (Å²) in [5, 5.41) is 4.14. The minimum absolute atomic E-state index is 0.0161. The molecule has 1 unspecified atom stereocenters. The maximum Gasteiger partial charge on any atom is 0.134 e. The van der Waals surface area contributed by atoms with Crippen LogP contribution in [-0.2, 0) is 11.2 Å². The molecule has 0 aliphatic rings. The molecule has 0 aromatic heterocycles.